The number of carbonyl (C=O) groups excluding carboxylic acids is 2. The topological polar surface area (TPSA) is 52.6 Å². The summed E-state index contributed by atoms with van der Waals surface area (Å²) in [5.74, 6) is 2.19. The van der Waals surface area contributed by atoms with Gasteiger partial charge >= 0.3 is 0 Å². The van der Waals surface area contributed by atoms with Crippen LogP contribution in [-0.4, -0.2) is 11.6 Å². The summed E-state index contributed by atoms with van der Waals surface area (Å²) in [7, 11) is 0. The third-order valence-electron chi connectivity index (χ3n) is 10.6. The summed E-state index contributed by atoms with van der Waals surface area (Å²) >= 11 is 0. The molecule has 4 heteroatoms. The molecule has 1 unspecified atom stereocenters. The molecule has 0 amide bonds. The second-order valence-electron chi connectivity index (χ2n) is 15.0. The highest BCUT2D eigenvalue weighted by molar-refractivity contribution is 6.09. The highest BCUT2D eigenvalue weighted by atomic mass is 16.5. The first-order valence-electron chi connectivity index (χ1n) is 18.4. The lowest BCUT2D eigenvalue weighted by molar-refractivity contribution is 0.103. The second-order valence-corrected chi connectivity index (χ2v) is 15.0. The molecule has 268 valence electrons. The standard InChI is InChI=1S/C49H48O4/c1-8-48(4,5)40-21-17-38(18-22-40)47(51)39-19-27-44(28-20-39)53-45-31-25-42(26-32-45)49(6,7)41-23-29-43(30-24-41)52-34(3)35-13-15-37(16-14-35)46(50)36-11-9-33(2)10-12-36/h9-32,34H,8H2,1-7H3. The summed E-state index contributed by atoms with van der Waals surface area (Å²) < 4.78 is 12.4. The Balaban J connectivity index is 1.04. The molecule has 1 atom stereocenters. The molecule has 0 aliphatic heterocycles. The highest BCUT2D eigenvalue weighted by Gasteiger charge is 2.24. The third kappa shape index (κ3) is 8.50. The Labute approximate surface area is 314 Å². The van der Waals surface area contributed by atoms with Crippen LogP contribution in [-0.2, 0) is 10.8 Å². The van der Waals surface area contributed by atoms with Crippen LogP contribution < -0.4 is 9.47 Å². The minimum absolute atomic E-state index is 0.00341. The van der Waals surface area contributed by atoms with Gasteiger partial charge < -0.3 is 9.47 Å². The number of benzene rings is 6. The SMILES string of the molecule is CCC(C)(C)c1ccc(C(=O)c2ccc(Oc3ccc(C(C)(C)c4ccc(OC(C)c5ccc(C(=O)c6ccc(C)cc6)cc5)cc4)cc3)cc2)cc1. The van der Waals surface area contributed by atoms with Crippen molar-refractivity contribution in [2.24, 2.45) is 0 Å². The Bertz CT molecular complexity index is 2160. The summed E-state index contributed by atoms with van der Waals surface area (Å²) in [6.07, 6.45) is 0.850. The maximum atomic E-state index is 13.1. The predicted octanol–water partition coefficient (Wildman–Crippen LogP) is 12.4. The quantitative estimate of drug-likeness (QED) is 0.113. The molecule has 0 saturated heterocycles. The number of rotatable bonds is 13. The number of hydrogen-bond donors (Lipinski definition) is 0. The van der Waals surface area contributed by atoms with Gasteiger partial charge in [-0.25, -0.2) is 0 Å². The maximum Gasteiger partial charge on any atom is 0.193 e. The first-order chi connectivity index (χ1) is 25.3. The van der Waals surface area contributed by atoms with E-state index in [0.29, 0.717) is 28.0 Å². The van der Waals surface area contributed by atoms with Gasteiger partial charge in [-0.1, -0.05) is 137 Å². The number of aryl methyl sites for hydroxylation is 1. The van der Waals surface area contributed by atoms with Crippen LogP contribution in [0.2, 0.25) is 0 Å². The van der Waals surface area contributed by atoms with Crippen molar-refractivity contribution in [1.82, 2.24) is 0 Å². The van der Waals surface area contributed by atoms with Gasteiger partial charge in [0.1, 0.15) is 23.4 Å². The lowest BCUT2D eigenvalue weighted by atomic mass is 9.78. The molecule has 6 rings (SSSR count). The molecular weight excluding hydrogens is 653 g/mol. The van der Waals surface area contributed by atoms with E-state index in [2.05, 4.69) is 71.0 Å². The van der Waals surface area contributed by atoms with Crippen molar-refractivity contribution in [3.8, 4) is 17.2 Å². The fraction of sp³-hybridized carbons (Fsp3) is 0.224. The summed E-state index contributed by atoms with van der Waals surface area (Å²) in [5, 5.41) is 0. The second kappa shape index (κ2) is 15.5. The van der Waals surface area contributed by atoms with Crippen molar-refractivity contribution >= 4 is 11.6 Å². The largest absolute Gasteiger partial charge is 0.486 e. The monoisotopic (exact) mass is 700 g/mol. The van der Waals surface area contributed by atoms with Crippen molar-refractivity contribution in [1.29, 1.82) is 0 Å². The van der Waals surface area contributed by atoms with Crippen LogP contribution in [0, 0.1) is 6.92 Å². The van der Waals surface area contributed by atoms with Crippen molar-refractivity contribution in [3.05, 3.63) is 196 Å². The number of ether oxygens (including phenoxy) is 2. The van der Waals surface area contributed by atoms with Gasteiger partial charge in [0, 0.05) is 27.7 Å². The van der Waals surface area contributed by atoms with Gasteiger partial charge in [0.25, 0.3) is 0 Å². The summed E-state index contributed by atoms with van der Waals surface area (Å²) in [6, 6.07) is 47.0. The molecular formula is C49H48O4. The average molecular weight is 701 g/mol. The van der Waals surface area contributed by atoms with Crippen LogP contribution in [0.1, 0.15) is 114 Å². The zero-order valence-electron chi connectivity index (χ0n) is 31.8. The lowest BCUT2D eigenvalue weighted by Crippen LogP contribution is -2.18. The first kappa shape index (κ1) is 37.0. The molecule has 6 aromatic carbocycles. The molecule has 0 saturated carbocycles. The third-order valence-corrected chi connectivity index (χ3v) is 10.6. The summed E-state index contributed by atoms with van der Waals surface area (Å²) in [4.78, 5) is 26.0. The average Bonchev–Trinajstić information content (AvgIpc) is 3.18. The lowest BCUT2D eigenvalue weighted by Gasteiger charge is -2.27. The van der Waals surface area contributed by atoms with E-state index < -0.39 is 0 Å². The Morgan fingerprint density at radius 3 is 1.32 bits per heavy atom. The number of carbonyl (C=O) groups is 2. The van der Waals surface area contributed by atoms with Gasteiger partial charge in [0.15, 0.2) is 11.6 Å². The van der Waals surface area contributed by atoms with E-state index in [1.165, 1.54) is 5.56 Å². The minimum atomic E-state index is -0.255. The van der Waals surface area contributed by atoms with Gasteiger partial charge in [-0.2, -0.15) is 0 Å². The van der Waals surface area contributed by atoms with E-state index in [0.717, 1.165) is 40.2 Å². The van der Waals surface area contributed by atoms with E-state index in [4.69, 9.17) is 9.47 Å². The molecule has 0 heterocycles. The van der Waals surface area contributed by atoms with Crippen LogP contribution in [0.5, 0.6) is 17.2 Å². The van der Waals surface area contributed by atoms with Crippen LogP contribution in [0.15, 0.2) is 146 Å². The van der Waals surface area contributed by atoms with Gasteiger partial charge in [-0.3, -0.25) is 9.59 Å². The molecule has 0 aromatic heterocycles. The maximum absolute atomic E-state index is 13.1. The smallest absolute Gasteiger partial charge is 0.193 e. The highest BCUT2D eigenvalue weighted by Crippen LogP contribution is 2.35. The van der Waals surface area contributed by atoms with E-state index in [9.17, 15) is 9.59 Å². The fourth-order valence-corrected chi connectivity index (χ4v) is 6.36. The van der Waals surface area contributed by atoms with Gasteiger partial charge in [-0.15, -0.1) is 0 Å². The molecule has 0 bridgehead atoms. The van der Waals surface area contributed by atoms with Crippen LogP contribution in [0.3, 0.4) is 0 Å². The van der Waals surface area contributed by atoms with E-state index in [1.807, 2.05) is 123 Å². The van der Waals surface area contributed by atoms with Crippen LogP contribution in [0.4, 0.5) is 0 Å². The molecule has 6 aromatic rings. The molecule has 4 nitrogen and oxygen atoms in total. The van der Waals surface area contributed by atoms with Crippen LogP contribution >= 0.6 is 0 Å². The Morgan fingerprint density at radius 1 is 0.509 bits per heavy atom. The van der Waals surface area contributed by atoms with Crippen molar-refractivity contribution < 1.29 is 19.1 Å². The molecule has 0 radical (unpaired) electrons. The van der Waals surface area contributed by atoms with Crippen molar-refractivity contribution in [2.75, 3.05) is 0 Å². The van der Waals surface area contributed by atoms with Crippen LogP contribution in [0.25, 0.3) is 0 Å². The zero-order valence-corrected chi connectivity index (χ0v) is 31.8. The first-order valence-corrected chi connectivity index (χ1v) is 18.4. The van der Waals surface area contributed by atoms with Crippen molar-refractivity contribution in [2.45, 2.75) is 71.8 Å². The molecule has 0 aliphatic carbocycles. The molecule has 0 fully saturated rings. The Morgan fingerprint density at radius 2 is 0.868 bits per heavy atom. The van der Waals surface area contributed by atoms with E-state index in [-0.39, 0.29) is 28.5 Å². The summed E-state index contributed by atoms with van der Waals surface area (Å²) in [5.41, 5.74) is 8.16. The summed E-state index contributed by atoms with van der Waals surface area (Å²) in [6.45, 7) is 15.0. The van der Waals surface area contributed by atoms with Gasteiger partial charge in [0.05, 0.1) is 0 Å². The molecule has 0 aliphatic rings. The molecule has 0 N–H and O–H groups in total. The predicted molar refractivity (Wildman–Crippen MR) is 215 cm³/mol. The van der Waals surface area contributed by atoms with Gasteiger partial charge in [0.2, 0.25) is 0 Å². The fourth-order valence-electron chi connectivity index (χ4n) is 6.36. The molecule has 0 spiro atoms. The molecule has 53 heavy (non-hydrogen) atoms. The minimum Gasteiger partial charge on any atom is -0.486 e. The number of hydrogen-bond acceptors (Lipinski definition) is 4. The van der Waals surface area contributed by atoms with Crippen molar-refractivity contribution in [3.63, 3.8) is 0 Å². The zero-order chi connectivity index (χ0) is 37.8. The number of ketones is 2. The normalized spacial score (nSPS) is 12.2. The Kier molecular flexibility index (Phi) is 10.8. The Hall–Kier alpha value is -5.74. The van der Waals surface area contributed by atoms with E-state index in [1.54, 1.807) is 0 Å². The van der Waals surface area contributed by atoms with E-state index >= 15 is 0 Å². The van der Waals surface area contributed by atoms with Gasteiger partial charge in [-0.05, 0) is 96.5 Å².